The fourth-order valence-corrected chi connectivity index (χ4v) is 9.20. The minimum absolute atomic E-state index is 0.00606. The summed E-state index contributed by atoms with van der Waals surface area (Å²) < 4.78 is 72.6. The number of nitrogens with zero attached hydrogens (tertiary/aromatic N) is 3. The third-order valence-corrected chi connectivity index (χ3v) is 12.0. The third-order valence-electron chi connectivity index (χ3n) is 7.22. The van der Waals surface area contributed by atoms with Crippen LogP contribution in [0.15, 0.2) is 6.07 Å². The average Bonchev–Trinajstić information content (AvgIpc) is 3.82. The SMILES string of the molecule is CCc1c(Op2npn(OCC3CO3)p(OCC3CO3)n2OCC2CO2)cc(OCC2CO2)c(OCC2CO2)c1OCC1CO1. The first kappa shape index (κ1) is 30.7. The number of benzene rings is 1. The van der Waals surface area contributed by atoms with E-state index in [2.05, 4.69) is 0 Å². The molecule has 0 spiro atoms. The zero-order chi connectivity index (χ0) is 30.2. The molecule has 8 unspecified atom stereocenters. The molecule has 0 saturated carbocycles. The number of ether oxygens (including phenoxy) is 9. The maximum Gasteiger partial charge on any atom is 0.294 e. The fourth-order valence-electron chi connectivity index (χ4n) is 4.10. The van der Waals surface area contributed by atoms with Crippen LogP contribution in [0.3, 0.4) is 0 Å². The van der Waals surface area contributed by atoms with Crippen LogP contribution in [0.1, 0.15) is 12.5 Å². The van der Waals surface area contributed by atoms with Crippen molar-refractivity contribution in [3.05, 3.63) is 11.6 Å². The van der Waals surface area contributed by atoms with Crippen molar-refractivity contribution in [2.24, 2.45) is 0 Å². The molecule has 0 aliphatic carbocycles. The Morgan fingerprint density at radius 1 is 0.711 bits per heavy atom. The minimum Gasteiger partial charge on any atom is -0.487 e. The maximum atomic E-state index is 6.75. The molecule has 0 bridgehead atoms. The molecule has 6 fully saturated rings. The summed E-state index contributed by atoms with van der Waals surface area (Å²) in [6, 6.07) is 1.84. The van der Waals surface area contributed by atoms with Crippen molar-refractivity contribution in [2.75, 3.05) is 79.3 Å². The molecule has 0 amide bonds. The van der Waals surface area contributed by atoms with Crippen LogP contribution in [-0.2, 0) is 34.8 Å². The van der Waals surface area contributed by atoms with Gasteiger partial charge in [-0.15, -0.1) is 13.0 Å². The van der Waals surface area contributed by atoms with E-state index in [0.29, 0.717) is 117 Å². The molecule has 6 aliphatic heterocycles. The zero-order valence-electron chi connectivity index (χ0n) is 24.7. The van der Waals surface area contributed by atoms with E-state index in [-0.39, 0.29) is 36.6 Å². The molecule has 6 saturated heterocycles. The van der Waals surface area contributed by atoms with Crippen LogP contribution in [0.25, 0.3) is 0 Å². The van der Waals surface area contributed by atoms with Crippen molar-refractivity contribution in [1.82, 2.24) is 13.0 Å². The first-order chi connectivity index (χ1) is 22.2. The summed E-state index contributed by atoms with van der Waals surface area (Å²) in [6.45, 7) is 8.26. The molecule has 7 heterocycles. The topological polar surface area (TPSA) is 163 Å². The normalized spacial score (nSPS) is 29.4. The number of rotatable bonds is 21. The van der Waals surface area contributed by atoms with Crippen LogP contribution in [0.4, 0.5) is 0 Å². The van der Waals surface area contributed by atoms with Gasteiger partial charge >= 0.3 is 0 Å². The monoisotopic (exact) mass is 691 g/mol. The van der Waals surface area contributed by atoms with E-state index in [9.17, 15) is 0 Å². The van der Waals surface area contributed by atoms with Crippen molar-refractivity contribution in [2.45, 2.75) is 50.0 Å². The molecular formula is C26H36N3O13P3. The number of hydrogen-bond acceptors (Lipinski definition) is 14. The van der Waals surface area contributed by atoms with Crippen molar-refractivity contribution in [1.29, 1.82) is 0 Å². The van der Waals surface area contributed by atoms with Crippen LogP contribution in [0.2, 0.25) is 0 Å². The predicted octanol–water partition coefficient (Wildman–Crippen LogP) is 1.58. The van der Waals surface area contributed by atoms with Crippen LogP contribution >= 0.6 is 24.7 Å². The van der Waals surface area contributed by atoms with Gasteiger partial charge in [-0.05, 0) is 6.42 Å². The summed E-state index contributed by atoms with van der Waals surface area (Å²) in [5, 5.41) is 0. The molecule has 19 heteroatoms. The highest BCUT2D eigenvalue weighted by Crippen LogP contribution is 2.49. The molecule has 6 aliphatic rings. The molecule has 1 aromatic heterocycles. The zero-order valence-corrected chi connectivity index (χ0v) is 27.4. The van der Waals surface area contributed by atoms with E-state index >= 15 is 0 Å². The fraction of sp³-hybridized carbons (Fsp3) is 0.769. The van der Waals surface area contributed by atoms with Crippen molar-refractivity contribution >= 4 is 24.7 Å². The Kier molecular flexibility index (Phi) is 9.43. The first-order valence-electron chi connectivity index (χ1n) is 15.2. The quantitative estimate of drug-likeness (QED) is 0.174. The molecule has 2 aromatic rings. The Morgan fingerprint density at radius 2 is 1.24 bits per heavy atom. The Balaban J connectivity index is 1.15. The summed E-state index contributed by atoms with van der Waals surface area (Å²) in [7, 11) is -2.79. The van der Waals surface area contributed by atoms with E-state index in [4.69, 9.17) is 65.9 Å². The summed E-state index contributed by atoms with van der Waals surface area (Å²) in [5.41, 5.74) is 0.818. The standard InChI is InChI=1S/C26H36N3O13P3/c1-2-22-23(3-24(36-10-16-4-30-16)26(38-12-18-6-32-18)25(22)37-11-17-5-31-17)42-44-27-43-28(39-13-19-7-33-19)45(41-15-21-9-35-21)29(44)40-14-20-8-34-20/h3,16-21H,2,4-15H2,1H3. The second-order valence-electron chi connectivity index (χ2n) is 11.2. The van der Waals surface area contributed by atoms with Gasteiger partial charge in [0.15, 0.2) is 20.0 Å². The molecule has 16 nitrogen and oxygen atoms in total. The number of aromatic nitrogens is 3. The molecule has 8 rings (SSSR count). The van der Waals surface area contributed by atoms with Crippen LogP contribution in [-0.4, -0.2) is 129 Å². The largest absolute Gasteiger partial charge is 0.487 e. The van der Waals surface area contributed by atoms with E-state index in [1.807, 2.05) is 13.0 Å². The summed E-state index contributed by atoms with van der Waals surface area (Å²) >= 11 is 0. The van der Waals surface area contributed by atoms with Crippen molar-refractivity contribution in [3.63, 3.8) is 0 Å². The smallest absolute Gasteiger partial charge is 0.294 e. The molecule has 8 atom stereocenters. The van der Waals surface area contributed by atoms with Gasteiger partial charge in [0.05, 0.1) is 46.2 Å². The van der Waals surface area contributed by atoms with Gasteiger partial charge in [-0.3, -0.25) is 14.2 Å². The second-order valence-corrected chi connectivity index (χ2v) is 15.6. The summed E-state index contributed by atoms with van der Waals surface area (Å²) in [6.07, 6.45) is 0.836. The van der Waals surface area contributed by atoms with Gasteiger partial charge in [-0.2, -0.15) is 0 Å². The molecule has 45 heavy (non-hydrogen) atoms. The predicted molar refractivity (Wildman–Crippen MR) is 157 cm³/mol. The van der Waals surface area contributed by atoms with Crippen LogP contribution < -0.4 is 32.9 Å². The van der Waals surface area contributed by atoms with Gasteiger partial charge in [0, 0.05) is 11.6 Å². The molecular weight excluding hydrogens is 655 g/mol. The third kappa shape index (κ3) is 8.64. The lowest BCUT2D eigenvalue weighted by Crippen LogP contribution is -2.24. The van der Waals surface area contributed by atoms with Crippen molar-refractivity contribution in [3.8, 4) is 23.0 Å². The van der Waals surface area contributed by atoms with E-state index in [0.717, 1.165) is 5.56 Å². The van der Waals surface area contributed by atoms with Gasteiger partial charge in [-0.25, -0.2) is 0 Å². The van der Waals surface area contributed by atoms with Gasteiger partial charge in [0.2, 0.25) is 13.8 Å². The highest BCUT2D eigenvalue weighted by molar-refractivity contribution is 7.56. The Bertz CT molecular complexity index is 1370. The van der Waals surface area contributed by atoms with Gasteiger partial charge in [-0.1, -0.05) is 6.92 Å². The number of epoxide rings is 6. The van der Waals surface area contributed by atoms with Crippen LogP contribution in [0.5, 0.6) is 23.0 Å². The summed E-state index contributed by atoms with van der Waals surface area (Å²) in [4.78, 5) is 12.4. The number of hydrogen-bond donors (Lipinski definition) is 0. The second kappa shape index (κ2) is 13.8. The lowest BCUT2D eigenvalue weighted by molar-refractivity contribution is 0.105. The Morgan fingerprint density at radius 3 is 1.84 bits per heavy atom. The molecule has 0 radical (unpaired) electrons. The lowest BCUT2D eigenvalue weighted by atomic mass is 10.1. The van der Waals surface area contributed by atoms with E-state index in [1.165, 1.54) is 0 Å². The highest BCUT2D eigenvalue weighted by Gasteiger charge is 2.33. The van der Waals surface area contributed by atoms with E-state index < -0.39 is 16.2 Å². The first-order valence-corrected chi connectivity index (χ1v) is 18.3. The minimum atomic E-state index is -1.73. The van der Waals surface area contributed by atoms with Gasteiger partial charge < -0.3 is 47.2 Å². The molecule has 248 valence electrons. The average molecular weight is 692 g/mol. The summed E-state index contributed by atoms with van der Waals surface area (Å²) in [5.74, 6) is 2.11. The Labute approximate surface area is 262 Å². The van der Waals surface area contributed by atoms with Crippen molar-refractivity contribution < 1.29 is 61.4 Å². The molecule has 1 aromatic carbocycles. The van der Waals surface area contributed by atoms with E-state index in [1.54, 1.807) is 8.51 Å². The lowest BCUT2D eigenvalue weighted by Gasteiger charge is -2.23. The molecule has 0 N–H and O–H groups in total. The Hall–Kier alpha value is -1.64. The van der Waals surface area contributed by atoms with Gasteiger partial charge in [0.25, 0.3) is 8.08 Å². The van der Waals surface area contributed by atoms with Gasteiger partial charge in [0.1, 0.15) is 75.4 Å². The highest BCUT2D eigenvalue weighted by atomic mass is 31.2. The van der Waals surface area contributed by atoms with Crippen LogP contribution in [0, 0.1) is 0 Å². The maximum absolute atomic E-state index is 6.75.